The number of esters is 1. The highest BCUT2D eigenvalue weighted by atomic mass is 32.1. The van der Waals surface area contributed by atoms with Gasteiger partial charge in [-0.25, -0.2) is 4.79 Å². The number of hydrogen-bond donors (Lipinski definition) is 1. The highest BCUT2D eigenvalue weighted by Crippen LogP contribution is 2.32. The summed E-state index contributed by atoms with van der Waals surface area (Å²) in [5.74, 6) is -0.762. The van der Waals surface area contributed by atoms with Crippen LogP contribution in [0.4, 0.5) is 14.5 Å². The molecule has 1 amide bonds. The van der Waals surface area contributed by atoms with Crippen LogP contribution in [-0.4, -0.2) is 25.1 Å². The molecular formula is C19H19F2NO4S. The third kappa shape index (κ3) is 5.03. The van der Waals surface area contributed by atoms with Crippen molar-refractivity contribution < 1.29 is 27.8 Å². The predicted molar refractivity (Wildman–Crippen MR) is 97.5 cm³/mol. The summed E-state index contributed by atoms with van der Waals surface area (Å²) in [6.07, 6.45) is 3.00. The summed E-state index contributed by atoms with van der Waals surface area (Å²) in [6, 6.07) is 7.64. The molecule has 1 aliphatic rings. The van der Waals surface area contributed by atoms with Crippen molar-refractivity contribution in [3.05, 3.63) is 45.6 Å². The van der Waals surface area contributed by atoms with E-state index in [-0.39, 0.29) is 11.4 Å². The third-order valence-corrected chi connectivity index (χ3v) is 5.46. The van der Waals surface area contributed by atoms with Crippen LogP contribution < -0.4 is 10.1 Å². The highest BCUT2D eigenvalue weighted by molar-refractivity contribution is 7.14. The van der Waals surface area contributed by atoms with Gasteiger partial charge in [0, 0.05) is 4.88 Å². The summed E-state index contributed by atoms with van der Waals surface area (Å²) >= 11 is 1.40. The van der Waals surface area contributed by atoms with E-state index in [0.717, 1.165) is 19.3 Å². The number of rotatable bonds is 6. The van der Waals surface area contributed by atoms with Crippen molar-refractivity contribution in [1.29, 1.82) is 0 Å². The van der Waals surface area contributed by atoms with Gasteiger partial charge in [-0.2, -0.15) is 8.78 Å². The van der Waals surface area contributed by atoms with Crippen LogP contribution >= 0.6 is 11.3 Å². The Hall–Kier alpha value is -2.48. The molecule has 0 aliphatic heterocycles. The number of ether oxygens (including phenoxy) is 2. The van der Waals surface area contributed by atoms with Gasteiger partial charge in [0.05, 0.1) is 5.69 Å². The minimum absolute atomic E-state index is 0.0828. The van der Waals surface area contributed by atoms with Gasteiger partial charge in [0.15, 0.2) is 6.61 Å². The summed E-state index contributed by atoms with van der Waals surface area (Å²) in [7, 11) is 0. The summed E-state index contributed by atoms with van der Waals surface area (Å²) in [5.41, 5.74) is 1.26. The molecule has 1 aromatic heterocycles. The number of carbonyl (C=O) groups excluding carboxylic acids is 2. The minimum Gasteiger partial charge on any atom is -0.451 e. The standard InChI is InChI=1S/C19H19F2NO4S/c1-11-6-7-15-12(8-11)9-16(27-15)18(24)25-10-17(23)22-13-4-2-3-5-14(13)26-19(20)21/h2-5,9,11,19H,6-8,10H2,1H3,(H,22,23)/t11-/m0/s1. The second-order valence-corrected chi connectivity index (χ2v) is 7.54. The third-order valence-electron chi connectivity index (χ3n) is 4.24. The summed E-state index contributed by atoms with van der Waals surface area (Å²) in [5, 5.41) is 2.41. The molecule has 27 heavy (non-hydrogen) atoms. The number of amides is 1. The molecule has 0 bridgehead atoms. The lowest BCUT2D eigenvalue weighted by Crippen LogP contribution is -2.21. The first kappa shape index (κ1) is 19.3. The molecule has 1 aliphatic carbocycles. The zero-order chi connectivity index (χ0) is 19.4. The van der Waals surface area contributed by atoms with Gasteiger partial charge in [-0.15, -0.1) is 11.3 Å². The van der Waals surface area contributed by atoms with E-state index in [1.807, 2.05) is 6.07 Å². The number of fused-ring (bicyclic) bond motifs is 1. The number of carbonyl (C=O) groups is 2. The molecule has 1 N–H and O–H groups in total. The maximum Gasteiger partial charge on any atom is 0.387 e. The lowest BCUT2D eigenvalue weighted by Gasteiger charge is -2.16. The number of anilines is 1. The second-order valence-electron chi connectivity index (χ2n) is 6.41. The Morgan fingerprint density at radius 3 is 2.89 bits per heavy atom. The van der Waals surface area contributed by atoms with Crippen molar-refractivity contribution in [3.63, 3.8) is 0 Å². The summed E-state index contributed by atoms with van der Waals surface area (Å²) < 4.78 is 34.2. The quantitative estimate of drug-likeness (QED) is 0.742. The minimum atomic E-state index is -3.01. The first-order valence-electron chi connectivity index (χ1n) is 8.54. The van der Waals surface area contributed by atoms with Crippen molar-refractivity contribution in [2.24, 2.45) is 5.92 Å². The van der Waals surface area contributed by atoms with Crippen molar-refractivity contribution in [1.82, 2.24) is 0 Å². The molecule has 0 saturated heterocycles. The SMILES string of the molecule is C[C@H]1CCc2sc(C(=O)OCC(=O)Nc3ccccc3OC(F)F)cc2C1. The molecule has 0 saturated carbocycles. The van der Waals surface area contributed by atoms with Crippen LogP contribution in [-0.2, 0) is 22.4 Å². The van der Waals surface area contributed by atoms with Gasteiger partial charge in [-0.3, -0.25) is 4.79 Å². The van der Waals surface area contributed by atoms with E-state index in [0.29, 0.717) is 10.8 Å². The number of alkyl halides is 2. The Morgan fingerprint density at radius 2 is 2.11 bits per heavy atom. The van der Waals surface area contributed by atoms with Crippen molar-refractivity contribution in [3.8, 4) is 5.75 Å². The fraction of sp³-hybridized carbons (Fsp3) is 0.368. The summed E-state index contributed by atoms with van der Waals surface area (Å²) in [4.78, 5) is 25.9. The highest BCUT2D eigenvalue weighted by Gasteiger charge is 2.22. The Morgan fingerprint density at radius 1 is 1.33 bits per heavy atom. The van der Waals surface area contributed by atoms with Crippen molar-refractivity contribution in [2.75, 3.05) is 11.9 Å². The van der Waals surface area contributed by atoms with Crippen molar-refractivity contribution >= 4 is 28.9 Å². The molecule has 1 atom stereocenters. The molecule has 1 heterocycles. The van der Waals surface area contributed by atoms with Gasteiger partial charge >= 0.3 is 12.6 Å². The van der Waals surface area contributed by atoms with Gasteiger partial charge in [0.25, 0.3) is 5.91 Å². The van der Waals surface area contributed by atoms with Crippen LogP contribution in [0.2, 0.25) is 0 Å². The zero-order valence-corrected chi connectivity index (χ0v) is 15.5. The number of thiophene rings is 1. The van der Waals surface area contributed by atoms with Gasteiger partial charge in [0.2, 0.25) is 0 Å². The van der Waals surface area contributed by atoms with E-state index in [9.17, 15) is 18.4 Å². The molecule has 2 aromatic rings. The van der Waals surface area contributed by atoms with Gasteiger partial charge in [-0.05, 0) is 48.9 Å². The average molecular weight is 395 g/mol. The monoisotopic (exact) mass is 395 g/mol. The van der Waals surface area contributed by atoms with E-state index in [1.165, 1.54) is 40.0 Å². The van der Waals surface area contributed by atoms with Crippen LogP contribution in [0.5, 0.6) is 5.75 Å². The van der Waals surface area contributed by atoms with Crippen molar-refractivity contribution in [2.45, 2.75) is 32.8 Å². The molecule has 1 aromatic carbocycles. The lowest BCUT2D eigenvalue weighted by atomic mass is 9.90. The molecule has 144 valence electrons. The molecular weight excluding hydrogens is 376 g/mol. The number of para-hydroxylation sites is 2. The fourth-order valence-corrected chi connectivity index (χ4v) is 4.07. The number of aryl methyl sites for hydroxylation is 1. The molecule has 5 nitrogen and oxygen atoms in total. The van der Waals surface area contributed by atoms with Gasteiger partial charge < -0.3 is 14.8 Å². The van der Waals surface area contributed by atoms with Gasteiger partial charge in [0.1, 0.15) is 10.6 Å². The average Bonchev–Trinajstić information content (AvgIpc) is 3.04. The van der Waals surface area contributed by atoms with E-state index in [1.54, 1.807) is 6.07 Å². The van der Waals surface area contributed by atoms with E-state index >= 15 is 0 Å². The fourth-order valence-electron chi connectivity index (χ4n) is 2.96. The largest absolute Gasteiger partial charge is 0.451 e. The normalized spacial score (nSPS) is 15.9. The van der Waals surface area contributed by atoms with Gasteiger partial charge in [-0.1, -0.05) is 19.1 Å². The number of benzene rings is 1. The molecule has 3 rings (SSSR count). The van der Waals surface area contributed by atoms with Crippen LogP contribution in [0.3, 0.4) is 0 Å². The molecule has 8 heteroatoms. The second kappa shape index (κ2) is 8.47. The Labute approximate surface area is 159 Å². The molecule has 0 unspecified atom stereocenters. The topological polar surface area (TPSA) is 64.6 Å². The summed E-state index contributed by atoms with van der Waals surface area (Å²) in [6.45, 7) is -1.34. The van der Waals surface area contributed by atoms with Crippen LogP contribution in [0.25, 0.3) is 0 Å². The number of hydrogen-bond acceptors (Lipinski definition) is 5. The van der Waals surface area contributed by atoms with E-state index in [2.05, 4.69) is 17.0 Å². The maximum atomic E-state index is 12.4. The maximum absolute atomic E-state index is 12.4. The first-order valence-corrected chi connectivity index (χ1v) is 9.36. The first-order chi connectivity index (χ1) is 12.9. The number of nitrogens with one attached hydrogen (secondary N) is 1. The van der Waals surface area contributed by atoms with E-state index in [4.69, 9.17) is 4.74 Å². The van der Waals surface area contributed by atoms with Crippen LogP contribution in [0.1, 0.15) is 33.5 Å². The van der Waals surface area contributed by atoms with E-state index < -0.39 is 25.1 Å². The molecule has 0 radical (unpaired) electrons. The number of halogens is 2. The predicted octanol–water partition coefficient (Wildman–Crippen LogP) is 4.27. The Balaban J connectivity index is 1.56. The van der Waals surface area contributed by atoms with Crippen LogP contribution in [0, 0.1) is 5.92 Å². The lowest BCUT2D eigenvalue weighted by molar-refractivity contribution is -0.119. The molecule has 0 fully saturated rings. The molecule has 0 spiro atoms. The Bertz CT molecular complexity index is 837. The van der Waals surface area contributed by atoms with Crippen LogP contribution in [0.15, 0.2) is 30.3 Å². The Kier molecular flexibility index (Phi) is 6.05. The smallest absolute Gasteiger partial charge is 0.387 e. The zero-order valence-electron chi connectivity index (χ0n) is 14.7.